The van der Waals surface area contributed by atoms with Crippen LogP contribution in [0, 0.1) is 6.92 Å². The second-order valence-corrected chi connectivity index (χ2v) is 7.84. The summed E-state index contributed by atoms with van der Waals surface area (Å²) >= 11 is 0. The van der Waals surface area contributed by atoms with E-state index in [0.717, 1.165) is 18.4 Å². The van der Waals surface area contributed by atoms with E-state index in [2.05, 4.69) is 59.9 Å². The highest BCUT2D eigenvalue weighted by molar-refractivity contribution is 5.28. The van der Waals surface area contributed by atoms with Gasteiger partial charge in [0.2, 0.25) is 5.95 Å². The molecule has 0 amide bonds. The van der Waals surface area contributed by atoms with Crippen LogP contribution in [0.5, 0.6) is 6.01 Å². The molecule has 0 aromatic carbocycles. The molecule has 2 N–H and O–H groups in total. The normalized spacial score (nSPS) is 20.1. The first-order valence-electron chi connectivity index (χ1n) is 8.12. The van der Waals surface area contributed by atoms with Crippen LogP contribution in [-0.4, -0.2) is 38.7 Å². The topological polar surface area (TPSA) is 72.0 Å². The Hall–Kier alpha value is -1.69. The number of ether oxygens (including phenoxy) is 1. The number of nitrogens with zero attached hydrogens (tertiary/aromatic N) is 3. The van der Waals surface area contributed by atoms with Crippen molar-refractivity contribution >= 4 is 5.95 Å². The van der Waals surface area contributed by atoms with E-state index >= 15 is 0 Å². The molecule has 2 rings (SSSR count). The Bertz CT molecular complexity index is 566. The van der Waals surface area contributed by atoms with Gasteiger partial charge in [-0.1, -0.05) is 12.2 Å². The summed E-state index contributed by atoms with van der Waals surface area (Å²) in [7, 11) is 0. The van der Waals surface area contributed by atoms with E-state index in [4.69, 9.17) is 4.74 Å². The van der Waals surface area contributed by atoms with Gasteiger partial charge in [-0.15, -0.1) is 0 Å². The minimum absolute atomic E-state index is 0.0233. The van der Waals surface area contributed by atoms with Crippen LogP contribution in [0.3, 0.4) is 0 Å². The molecule has 0 saturated carbocycles. The molecule has 0 atom stereocenters. The lowest BCUT2D eigenvalue weighted by molar-refractivity contribution is 0.0497. The third kappa shape index (κ3) is 5.46. The van der Waals surface area contributed by atoms with Crippen LogP contribution in [-0.2, 0) is 0 Å². The Balaban J connectivity index is 2.11. The van der Waals surface area contributed by atoms with Crippen LogP contribution in [0.4, 0.5) is 5.95 Å². The zero-order chi connectivity index (χ0) is 17.3. The highest BCUT2D eigenvalue weighted by Crippen LogP contribution is 2.30. The standard InChI is InChI=1S/C17H29N5O/c1-11(2)10-18-14-19-12(3)20-15(21-14)23-13-8-16(4,5)22-17(6,7)9-13/h13,22H,1,8-10H2,2-7H3,(H,18,19,20,21). The van der Waals surface area contributed by atoms with Crippen molar-refractivity contribution in [3.63, 3.8) is 0 Å². The maximum absolute atomic E-state index is 6.09. The number of anilines is 1. The van der Waals surface area contributed by atoms with Crippen molar-refractivity contribution in [2.75, 3.05) is 11.9 Å². The summed E-state index contributed by atoms with van der Waals surface area (Å²) in [6.45, 7) is 17.1. The third-order valence-corrected chi connectivity index (χ3v) is 3.70. The Kier molecular flexibility index (Phi) is 4.94. The summed E-state index contributed by atoms with van der Waals surface area (Å²) in [5.74, 6) is 1.18. The molecule has 1 aromatic rings. The van der Waals surface area contributed by atoms with Gasteiger partial charge in [0.25, 0.3) is 0 Å². The van der Waals surface area contributed by atoms with Gasteiger partial charge in [-0.3, -0.25) is 0 Å². The fraction of sp³-hybridized carbons (Fsp3) is 0.706. The zero-order valence-electron chi connectivity index (χ0n) is 15.2. The van der Waals surface area contributed by atoms with Gasteiger partial charge in [-0.2, -0.15) is 15.0 Å². The predicted octanol–water partition coefficient (Wildman–Crippen LogP) is 2.86. The number of aromatic nitrogens is 3. The number of piperidine rings is 1. The van der Waals surface area contributed by atoms with Crippen LogP contribution in [0.1, 0.15) is 53.3 Å². The Labute approximate surface area is 139 Å². The molecule has 1 aliphatic rings. The molecule has 23 heavy (non-hydrogen) atoms. The minimum atomic E-state index is 0.0233. The minimum Gasteiger partial charge on any atom is -0.460 e. The molecule has 0 unspecified atom stereocenters. The lowest BCUT2D eigenvalue weighted by Crippen LogP contribution is -2.60. The number of hydrogen-bond acceptors (Lipinski definition) is 6. The van der Waals surface area contributed by atoms with Crippen molar-refractivity contribution in [1.29, 1.82) is 0 Å². The van der Waals surface area contributed by atoms with Gasteiger partial charge in [-0.05, 0) is 41.5 Å². The number of rotatable bonds is 5. The van der Waals surface area contributed by atoms with Crippen molar-refractivity contribution in [2.24, 2.45) is 0 Å². The van der Waals surface area contributed by atoms with E-state index in [1.165, 1.54) is 0 Å². The number of nitrogens with one attached hydrogen (secondary N) is 2. The van der Waals surface area contributed by atoms with Gasteiger partial charge in [0.15, 0.2) is 0 Å². The SMILES string of the molecule is C=C(C)CNc1nc(C)nc(OC2CC(C)(C)NC(C)(C)C2)n1. The molecule has 1 saturated heterocycles. The Morgan fingerprint density at radius 3 is 2.39 bits per heavy atom. The first-order chi connectivity index (χ1) is 10.5. The smallest absolute Gasteiger partial charge is 0.321 e. The average molecular weight is 319 g/mol. The van der Waals surface area contributed by atoms with Crippen LogP contribution in [0.15, 0.2) is 12.2 Å². The average Bonchev–Trinajstić information content (AvgIpc) is 2.31. The molecule has 128 valence electrons. The summed E-state index contributed by atoms with van der Waals surface area (Å²) in [6.07, 6.45) is 1.91. The van der Waals surface area contributed by atoms with Crippen molar-refractivity contribution in [3.05, 3.63) is 18.0 Å². The Morgan fingerprint density at radius 1 is 1.22 bits per heavy atom. The molecule has 2 heterocycles. The monoisotopic (exact) mass is 319 g/mol. The number of hydrogen-bond donors (Lipinski definition) is 2. The van der Waals surface area contributed by atoms with Crippen LogP contribution < -0.4 is 15.4 Å². The van der Waals surface area contributed by atoms with Crippen LogP contribution >= 0.6 is 0 Å². The van der Waals surface area contributed by atoms with Gasteiger partial charge in [-0.25, -0.2) is 0 Å². The van der Waals surface area contributed by atoms with Crippen molar-refractivity contribution in [1.82, 2.24) is 20.3 Å². The van der Waals surface area contributed by atoms with E-state index in [0.29, 0.717) is 24.3 Å². The molecule has 6 nitrogen and oxygen atoms in total. The van der Waals surface area contributed by atoms with Crippen LogP contribution in [0.2, 0.25) is 0 Å². The van der Waals surface area contributed by atoms with Crippen molar-refractivity contribution < 1.29 is 4.74 Å². The van der Waals surface area contributed by atoms with E-state index in [9.17, 15) is 0 Å². The summed E-state index contributed by atoms with van der Waals surface area (Å²) in [6, 6.07) is 0.389. The zero-order valence-corrected chi connectivity index (χ0v) is 15.2. The molecule has 0 bridgehead atoms. The molecule has 0 radical (unpaired) electrons. The lowest BCUT2D eigenvalue weighted by Gasteiger charge is -2.45. The first-order valence-corrected chi connectivity index (χ1v) is 8.12. The molecular formula is C17H29N5O. The first kappa shape index (κ1) is 17.7. The Morgan fingerprint density at radius 2 is 1.83 bits per heavy atom. The highest BCUT2D eigenvalue weighted by atomic mass is 16.5. The molecule has 0 spiro atoms. The molecule has 1 aromatic heterocycles. The van der Waals surface area contributed by atoms with Gasteiger partial charge >= 0.3 is 6.01 Å². The van der Waals surface area contributed by atoms with E-state index in [1.807, 2.05) is 13.8 Å². The lowest BCUT2D eigenvalue weighted by atomic mass is 9.81. The van der Waals surface area contributed by atoms with Gasteiger partial charge in [0.05, 0.1) is 0 Å². The van der Waals surface area contributed by atoms with Gasteiger partial charge < -0.3 is 15.4 Å². The fourth-order valence-corrected chi connectivity index (χ4v) is 3.28. The molecule has 0 aliphatic carbocycles. The maximum Gasteiger partial charge on any atom is 0.321 e. The van der Waals surface area contributed by atoms with E-state index < -0.39 is 0 Å². The van der Waals surface area contributed by atoms with E-state index in [1.54, 1.807) is 0 Å². The largest absolute Gasteiger partial charge is 0.460 e. The van der Waals surface area contributed by atoms with Crippen molar-refractivity contribution in [3.8, 4) is 6.01 Å². The quantitative estimate of drug-likeness (QED) is 0.813. The summed E-state index contributed by atoms with van der Waals surface area (Å²) in [4.78, 5) is 13.0. The van der Waals surface area contributed by atoms with Gasteiger partial charge in [0, 0.05) is 30.5 Å². The van der Waals surface area contributed by atoms with Crippen molar-refractivity contribution in [2.45, 2.75) is 71.6 Å². The molecule has 1 fully saturated rings. The second kappa shape index (κ2) is 6.43. The molecular weight excluding hydrogens is 290 g/mol. The summed E-state index contributed by atoms with van der Waals surface area (Å²) in [5.41, 5.74) is 1.07. The molecule has 1 aliphatic heterocycles. The maximum atomic E-state index is 6.09. The third-order valence-electron chi connectivity index (χ3n) is 3.70. The number of aryl methyl sites for hydroxylation is 1. The predicted molar refractivity (Wildman–Crippen MR) is 92.8 cm³/mol. The highest BCUT2D eigenvalue weighted by Gasteiger charge is 2.39. The summed E-state index contributed by atoms with van der Waals surface area (Å²) in [5, 5.41) is 6.79. The molecule has 6 heteroatoms. The van der Waals surface area contributed by atoms with Gasteiger partial charge in [0.1, 0.15) is 11.9 Å². The van der Waals surface area contributed by atoms with E-state index in [-0.39, 0.29) is 17.2 Å². The second-order valence-electron chi connectivity index (χ2n) is 7.84. The summed E-state index contributed by atoms with van der Waals surface area (Å²) < 4.78 is 6.09. The van der Waals surface area contributed by atoms with Crippen LogP contribution in [0.25, 0.3) is 0 Å². The fourth-order valence-electron chi connectivity index (χ4n) is 3.28.